The van der Waals surface area contributed by atoms with Gasteiger partial charge in [0.05, 0.1) is 29.4 Å². The van der Waals surface area contributed by atoms with Crippen LogP contribution in [0.4, 0.5) is 23.3 Å². The van der Waals surface area contributed by atoms with Gasteiger partial charge in [0.25, 0.3) is 0 Å². The lowest BCUT2D eigenvalue weighted by molar-refractivity contribution is -0.117. The molecule has 2 aromatic heterocycles. The maximum Gasteiger partial charge on any atom is 0.242 e. The predicted octanol–water partition coefficient (Wildman–Crippen LogP) is 3.25. The van der Waals surface area contributed by atoms with Gasteiger partial charge in [-0.3, -0.25) is 4.79 Å². The first kappa shape index (κ1) is 24.2. The summed E-state index contributed by atoms with van der Waals surface area (Å²) in [4.78, 5) is 25.4. The van der Waals surface area contributed by atoms with Crippen molar-refractivity contribution in [3.63, 3.8) is 0 Å². The maximum absolute atomic E-state index is 12.1. The Morgan fingerprint density at radius 2 is 1.91 bits per heavy atom. The molecule has 3 rings (SSSR count). The van der Waals surface area contributed by atoms with Gasteiger partial charge in [-0.25, -0.2) is 9.97 Å². The van der Waals surface area contributed by atoms with E-state index in [4.69, 9.17) is 5.26 Å². The van der Waals surface area contributed by atoms with Crippen molar-refractivity contribution in [1.29, 1.82) is 5.26 Å². The largest absolute Gasteiger partial charge is 0.369 e. The predicted molar refractivity (Wildman–Crippen MR) is 133 cm³/mol. The molecule has 1 atom stereocenters. The van der Waals surface area contributed by atoms with Gasteiger partial charge in [-0.15, -0.1) is 0 Å². The van der Waals surface area contributed by atoms with E-state index >= 15 is 0 Å². The van der Waals surface area contributed by atoms with Gasteiger partial charge < -0.3 is 21.3 Å². The number of likely N-dealkylation sites (N-methyl/N-ethyl adjacent to an activating group) is 1. The first-order valence-corrected chi connectivity index (χ1v) is 10.9. The van der Waals surface area contributed by atoms with Gasteiger partial charge in [-0.2, -0.15) is 10.2 Å². The number of anilines is 4. The lowest BCUT2D eigenvalue weighted by Gasteiger charge is -2.10. The van der Waals surface area contributed by atoms with E-state index in [9.17, 15) is 4.79 Å². The third kappa shape index (κ3) is 6.76. The molecule has 9 heteroatoms. The average Bonchev–Trinajstić information content (AvgIpc) is 2.87. The van der Waals surface area contributed by atoms with E-state index in [0.717, 1.165) is 18.7 Å². The Labute approximate surface area is 199 Å². The second-order valence-corrected chi connectivity index (χ2v) is 7.35. The molecule has 1 amide bonds. The zero-order valence-corrected chi connectivity index (χ0v) is 19.3. The zero-order chi connectivity index (χ0) is 24.3. The molecule has 0 aliphatic carbocycles. The quantitative estimate of drug-likeness (QED) is 0.382. The standard InChI is InChI=1S/C25H26N8O/c1-4-14-28-23-19(16-29-25(33-23)31-21-11-8-18(15-26)9-12-21)10-13-20-6-5-7-22(30-20)32-24(34)17(2)27-3/h5-9,11-12,16-17,27H,4,14H2,1-3H3,(H,30,32,34)(H2,28,29,31,33)/t17-/m0/s1. The summed E-state index contributed by atoms with van der Waals surface area (Å²) in [6, 6.07) is 14.1. The van der Waals surface area contributed by atoms with Crippen LogP contribution >= 0.6 is 0 Å². The van der Waals surface area contributed by atoms with Crippen LogP contribution in [0.3, 0.4) is 0 Å². The van der Waals surface area contributed by atoms with Crippen molar-refractivity contribution in [2.75, 3.05) is 29.5 Å². The summed E-state index contributed by atoms with van der Waals surface area (Å²) in [7, 11) is 1.72. The minimum Gasteiger partial charge on any atom is -0.369 e. The zero-order valence-electron chi connectivity index (χ0n) is 19.3. The van der Waals surface area contributed by atoms with E-state index in [0.29, 0.717) is 34.4 Å². The number of nitrogens with one attached hydrogen (secondary N) is 4. The highest BCUT2D eigenvalue weighted by Crippen LogP contribution is 2.18. The fraction of sp³-hybridized carbons (Fsp3) is 0.240. The second-order valence-electron chi connectivity index (χ2n) is 7.35. The van der Waals surface area contributed by atoms with Crippen molar-refractivity contribution >= 4 is 29.2 Å². The van der Waals surface area contributed by atoms with E-state index in [1.807, 2.05) is 0 Å². The van der Waals surface area contributed by atoms with Crippen molar-refractivity contribution in [1.82, 2.24) is 20.3 Å². The van der Waals surface area contributed by atoms with Crippen LogP contribution in [0, 0.1) is 23.2 Å². The SMILES string of the molecule is CCCNc1nc(Nc2ccc(C#N)cc2)ncc1C#Cc1cccc(NC(=O)[C@H](C)NC)n1. The molecule has 0 aliphatic rings. The molecule has 34 heavy (non-hydrogen) atoms. The Balaban J connectivity index is 1.81. The summed E-state index contributed by atoms with van der Waals surface area (Å²) in [6.07, 6.45) is 2.56. The third-order valence-electron chi connectivity index (χ3n) is 4.75. The molecule has 0 saturated carbocycles. The number of benzene rings is 1. The van der Waals surface area contributed by atoms with Crippen molar-refractivity contribution in [2.45, 2.75) is 26.3 Å². The highest BCUT2D eigenvalue weighted by atomic mass is 16.2. The van der Waals surface area contributed by atoms with E-state index in [1.54, 1.807) is 62.6 Å². The summed E-state index contributed by atoms with van der Waals surface area (Å²) < 4.78 is 0. The molecule has 0 spiro atoms. The summed E-state index contributed by atoms with van der Waals surface area (Å²) in [5.74, 6) is 7.36. The first-order valence-electron chi connectivity index (χ1n) is 10.9. The Morgan fingerprint density at radius 1 is 1.12 bits per heavy atom. The van der Waals surface area contributed by atoms with Crippen LogP contribution in [0.1, 0.15) is 37.1 Å². The van der Waals surface area contributed by atoms with Gasteiger partial charge in [0.2, 0.25) is 11.9 Å². The topological polar surface area (TPSA) is 128 Å². The number of nitriles is 1. The maximum atomic E-state index is 12.1. The van der Waals surface area contributed by atoms with Gasteiger partial charge in [0, 0.05) is 12.2 Å². The van der Waals surface area contributed by atoms with E-state index in [1.165, 1.54) is 0 Å². The van der Waals surface area contributed by atoms with Crippen LogP contribution in [0.15, 0.2) is 48.7 Å². The van der Waals surface area contributed by atoms with Gasteiger partial charge in [0.15, 0.2) is 0 Å². The minimum absolute atomic E-state index is 0.176. The van der Waals surface area contributed by atoms with E-state index in [2.05, 4.69) is 61.1 Å². The fourth-order valence-electron chi connectivity index (χ4n) is 2.74. The van der Waals surface area contributed by atoms with Crippen LogP contribution in [0.25, 0.3) is 0 Å². The molecular formula is C25H26N8O. The normalized spacial score (nSPS) is 10.9. The van der Waals surface area contributed by atoms with Gasteiger partial charge in [-0.05, 0) is 62.7 Å². The van der Waals surface area contributed by atoms with Crippen LogP contribution in [0.2, 0.25) is 0 Å². The molecule has 0 radical (unpaired) electrons. The molecule has 0 fully saturated rings. The molecule has 4 N–H and O–H groups in total. The number of rotatable bonds is 8. The molecule has 1 aromatic carbocycles. The molecule has 2 heterocycles. The molecule has 0 bridgehead atoms. The molecule has 3 aromatic rings. The smallest absolute Gasteiger partial charge is 0.242 e. The van der Waals surface area contributed by atoms with Crippen molar-refractivity contribution in [3.8, 4) is 17.9 Å². The molecule has 172 valence electrons. The third-order valence-corrected chi connectivity index (χ3v) is 4.75. The van der Waals surface area contributed by atoms with Gasteiger partial charge in [0.1, 0.15) is 17.3 Å². The lowest BCUT2D eigenvalue weighted by Crippen LogP contribution is -2.35. The molecule has 0 aliphatic heterocycles. The minimum atomic E-state index is -0.336. The molecule has 0 saturated heterocycles. The number of nitrogens with zero attached hydrogens (tertiary/aromatic N) is 4. The Kier molecular flexibility index (Phi) is 8.50. The monoisotopic (exact) mass is 454 g/mol. The Hall–Kier alpha value is -4.47. The van der Waals surface area contributed by atoms with E-state index in [-0.39, 0.29) is 11.9 Å². The summed E-state index contributed by atoms with van der Waals surface area (Å²) >= 11 is 0. The number of carbonyl (C=O) groups is 1. The summed E-state index contributed by atoms with van der Waals surface area (Å²) in [5.41, 5.74) is 2.49. The van der Waals surface area contributed by atoms with Crippen LogP contribution in [-0.2, 0) is 4.79 Å². The number of amides is 1. The van der Waals surface area contributed by atoms with Crippen molar-refractivity contribution < 1.29 is 4.79 Å². The lowest BCUT2D eigenvalue weighted by atomic mass is 10.2. The highest BCUT2D eigenvalue weighted by Gasteiger charge is 2.11. The first-order chi connectivity index (χ1) is 16.5. The van der Waals surface area contributed by atoms with Gasteiger partial charge >= 0.3 is 0 Å². The van der Waals surface area contributed by atoms with Gasteiger partial charge in [-0.1, -0.05) is 18.9 Å². The van der Waals surface area contributed by atoms with Crippen LogP contribution in [0.5, 0.6) is 0 Å². The Bertz CT molecular complexity index is 1240. The number of pyridine rings is 1. The van der Waals surface area contributed by atoms with Crippen molar-refractivity contribution in [2.24, 2.45) is 0 Å². The van der Waals surface area contributed by atoms with Crippen LogP contribution < -0.4 is 21.3 Å². The highest BCUT2D eigenvalue weighted by molar-refractivity contribution is 5.93. The number of carbonyl (C=O) groups excluding carboxylic acids is 1. The average molecular weight is 455 g/mol. The molecule has 0 unspecified atom stereocenters. The summed E-state index contributed by atoms with van der Waals surface area (Å²) in [5, 5.41) is 21.0. The number of aromatic nitrogens is 3. The fourth-order valence-corrected chi connectivity index (χ4v) is 2.74. The second kappa shape index (κ2) is 12.0. The molecule has 9 nitrogen and oxygen atoms in total. The van der Waals surface area contributed by atoms with Crippen molar-refractivity contribution in [3.05, 3.63) is 65.5 Å². The molecular weight excluding hydrogens is 428 g/mol. The number of hydrogen-bond donors (Lipinski definition) is 4. The summed E-state index contributed by atoms with van der Waals surface area (Å²) in [6.45, 7) is 4.56. The van der Waals surface area contributed by atoms with Crippen LogP contribution in [-0.4, -0.2) is 40.5 Å². The van der Waals surface area contributed by atoms with E-state index < -0.39 is 0 Å². The number of hydrogen-bond acceptors (Lipinski definition) is 8. The Morgan fingerprint density at radius 3 is 2.62 bits per heavy atom.